The Labute approximate surface area is 71.8 Å². The fourth-order valence-corrected chi connectivity index (χ4v) is 1.01. The van der Waals surface area contributed by atoms with E-state index < -0.39 is 0 Å². The molecular weight excluding hydrogens is 152 g/mol. The minimum absolute atomic E-state index is 0.360. The maximum absolute atomic E-state index is 9.84. The van der Waals surface area contributed by atoms with Gasteiger partial charge in [-0.3, -0.25) is 0 Å². The van der Waals surface area contributed by atoms with E-state index in [-0.39, 0.29) is 0 Å². The van der Waals surface area contributed by atoms with Gasteiger partial charge in [0.2, 0.25) is 0 Å². The minimum atomic E-state index is 0.360. The average molecular weight is 164 g/mol. The van der Waals surface area contributed by atoms with Gasteiger partial charge < -0.3 is 5.32 Å². The van der Waals surface area contributed by atoms with Crippen LogP contribution in [0.5, 0.6) is 0 Å². The Morgan fingerprint density at radius 1 is 1.33 bits per heavy atom. The van der Waals surface area contributed by atoms with Gasteiger partial charge in [-0.1, -0.05) is 17.3 Å². The fourth-order valence-electron chi connectivity index (χ4n) is 1.01. The summed E-state index contributed by atoms with van der Waals surface area (Å²) in [5, 5.41) is 5.83. The molecule has 0 bridgehead atoms. The lowest BCUT2D eigenvalue weighted by Gasteiger charge is -2.00. The quantitative estimate of drug-likeness (QED) is 0.692. The molecule has 0 spiro atoms. The molecule has 0 saturated heterocycles. The highest BCUT2D eigenvalue weighted by Crippen LogP contribution is 2.08. The van der Waals surface area contributed by atoms with Gasteiger partial charge in [0.1, 0.15) is 0 Å². The Bertz CT molecular complexity index is 243. The zero-order valence-electron chi connectivity index (χ0n) is 7.08. The van der Waals surface area contributed by atoms with E-state index in [9.17, 15) is 4.91 Å². The summed E-state index contributed by atoms with van der Waals surface area (Å²) in [5.74, 6) is 0. The normalized spacial score (nSPS) is 9.42. The van der Waals surface area contributed by atoms with E-state index in [2.05, 4.69) is 10.5 Å². The zero-order valence-corrected chi connectivity index (χ0v) is 7.08. The van der Waals surface area contributed by atoms with Crippen LogP contribution in [0.15, 0.2) is 29.4 Å². The summed E-state index contributed by atoms with van der Waals surface area (Å²) in [6.07, 6.45) is 0.730. The second-order valence-electron chi connectivity index (χ2n) is 2.55. The average Bonchev–Trinajstić information content (AvgIpc) is 2.15. The smallest absolute Gasteiger partial charge is 0.0851 e. The Morgan fingerprint density at radius 3 is 2.50 bits per heavy atom. The molecule has 0 aliphatic heterocycles. The van der Waals surface area contributed by atoms with Gasteiger partial charge in [0.05, 0.1) is 6.54 Å². The third-order valence-electron chi connectivity index (χ3n) is 1.73. The summed E-state index contributed by atoms with van der Waals surface area (Å²) in [7, 11) is 1.88. The molecule has 0 amide bonds. The molecule has 0 fully saturated rings. The number of anilines is 1. The lowest BCUT2D eigenvalue weighted by atomic mass is 10.1. The van der Waals surface area contributed by atoms with Crippen LogP contribution in [-0.2, 0) is 6.42 Å². The van der Waals surface area contributed by atoms with Gasteiger partial charge in [-0.2, -0.15) is 4.91 Å². The summed E-state index contributed by atoms with van der Waals surface area (Å²) in [4.78, 5) is 9.84. The van der Waals surface area contributed by atoms with Gasteiger partial charge in [-0.25, -0.2) is 0 Å². The monoisotopic (exact) mass is 164 g/mol. The van der Waals surface area contributed by atoms with E-state index in [0.717, 1.165) is 17.7 Å². The molecule has 0 aliphatic rings. The largest absolute Gasteiger partial charge is 0.388 e. The van der Waals surface area contributed by atoms with Crippen LogP contribution in [-0.4, -0.2) is 13.6 Å². The van der Waals surface area contributed by atoms with Crippen LogP contribution in [0.4, 0.5) is 5.69 Å². The summed E-state index contributed by atoms with van der Waals surface area (Å²) in [6.45, 7) is 0.360. The molecule has 3 nitrogen and oxygen atoms in total. The Kier molecular flexibility index (Phi) is 3.26. The number of hydrogen-bond donors (Lipinski definition) is 1. The molecule has 1 rings (SSSR count). The second-order valence-corrected chi connectivity index (χ2v) is 2.55. The van der Waals surface area contributed by atoms with Crippen LogP contribution >= 0.6 is 0 Å². The van der Waals surface area contributed by atoms with Crippen LogP contribution < -0.4 is 5.32 Å². The zero-order chi connectivity index (χ0) is 8.81. The highest BCUT2D eigenvalue weighted by Gasteiger charge is 1.92. The van der Waals surface area contributed by atoms with Crippen LogP contribution in [0, 0.1) is 4.91 Å². The molecule has 12 heavy (non-hydrogen) atoms. The standard InChI is InChI=1S/C9H12N2O/c1-10-9-4-2-8(3-5-9)6-7-11-12/h2-5,10H,6-7H2,1H3. The molecule has 0 aromatic heterocycles. The summed E-state index contributed by atoms with van der Waals surface area (Å²) in [6, 6.07) is 7.97. The molecule has 1 aromatic carbocycles. The van der Waals surface area contributed by atoms with Crippen molar-refractivity contribution in [1.82, 2.24) is 0 Å². The van der Waals surface area contributed by atoms with Crippen molar-refractivity contribution in [3.8, 4) is 0 Å². The third kappa shape index (κ3) is 2.34. The second kappa shape index (κ2) is 4.49. The fraction of sp³-hybridized carbons (Fsp3) is 0.333. The molecule has 0 atom stereocenters. The van der Waals surface area contributed by atoms with Crippen molar-refractivity contribution in [2.45, 2.75) is 6.42 Å². The highest BCUT2D eigenvalue weighted by molar-refractivity contribution is 5.43. The number of hydrogen-bond acceptors (Lipinski definition) is 3. The first-order valence-corrected chi connectivity index (χ1v) is 3.92. The SMILES string of the molecule is CNc1ccc(CCN=O)cc1. The first kappa shape index (κ1) is 8.71. The highest BCUT2D eigenvalue weighted by atomic mass is 16.3. The van der Waals surface area contributed by atoms with Crippen molar-refractivity contribution in [2.24, 2.45) is 5.18 Å². The topological polar surface area (TPSA) is 41.5 Å². The molecular formula is C9H12N2O. The van der Waals surface area contributed by atoms with Gasteiger partial charge in [-0.05, 0) is 24.1 Å². The van der Waals surface area contributed by atoms with Crippen LogP contribution in [0.3, 0.4) is 0 Å². The predicted molar refractivity (Wildman–Crippen MR) is 50.4 cm³/mol. The van der Waals surface area contributed by atoms with E-state index >= 15 is 0 Å². The first-order valence-electron chi connectivity index (χ1n) is 3.92. The molecule has 0 radical (unpaired) electrons. The molecule has 1 aromatic rings. The first-order chi connectivity index (χ1) is 5.86. The Morgan fingerprint density at radius 2 is 2.00 bits per heavy atom. The number of nitroso groups, excluding NO2 is 1. The predicted octanol–water partition coefficient (Wildman–Crippen LogP) is 2.04. The van der Waals surface area contributed by atoms with Gasteiger partial charge in [-0.15, -0.1) is 0 Å². The van der Waals surface area contributed by atoms with E-state index in [0.29, 0.717) is 6.54 Å². The Hall–Kier alpha value is -1.38. The summed E-state index contributed by atoms with van der Waals surface area (Å²) in [5.41, 5.74) is 2.23. The molecule has 0 heterocycles. The van der Waals surface area contributed by atoms with E-state index in [1.54, 1.807) is 0 Å². The van der Waals surface area contributed by atoms with E-state index in [1.807, 2.05) is 31.3 Å². The van der Waals surface area contributed by atoms with E-state index in [4.69, 9.17) is 0 Å². The third-order valence-corrected chi connectivity index (χ3v) is 1.73. The number of nitrogens with one attached hydrogen (secondary N) is 1. The summed E-state index contributed by atoms with van der Waals surface area (Å²) >= 11 is 0. The van der Waals surface area contributed by atoms with Crippen molar-refractivity contribution in [3.63, 3.8) is 0 Å². The van der Waals surface area contributed by atoms with Crippen molar-refractivity contribution in [1.29, 1.82) is 0 Å². The van der Waals surface area contributed by atoms with Crippen molar-refractivity contribution in [3.05, 3.63) is 34.7 Å². The van der Waals surface area contributed by atoms with Crippen LogP contribution in [0.1, 0.15) is 5.56 Å². The van der Waals surface area contributed by atoms with Gasteiger partial charge in [0, 0.05) is 12.7 Å². The maximum Gasteiger partial charge on any atom is 0.0851 e. The van der Waals surface area contributed by atoms with Crippen LogP contribution in [0.2, 0.25) is 0 Å². The molecule has 0 aliphatic carbocycles. The number of rotatable bonds is 4. The van der Waals surface area contributed by atoms with Gasteiger partial charge >= 0.3 is 0 Å². The lowest BCUT2D eigenvalue weighted by Crippen LogP contribution is -1.90. The molecule has 64 valence electrons. The molecule has 0 saturated carbocycles. The minimum Gasteiger partial charge on any atom is -0.388 e. The lowest BCUT2D eigenvalue weighted by molar-refractivity contribution is 0.960. The maximum atomic E-state index is 9.84. The molecule has 0 unspecified atom stereocenters. The molecule has 1 N–H and O–H groups in total. The summed E-state index contributed by atoms with van der Waals surface area (Å²) < 4.78 is 0. The Balaban J connectivity index is 2.58. The van der Waals surface area contributed by atoms with Gasteiger partial charge in [0.15, 0.2) is 0 Å². The van der Waals surface area contributed by atoms with Gasteiger partial charge in [0.25, 0.3) is 0 Å². The number of benzene rings is 1. The van der Waals surface area contributed by atoms with Crippen LogP contribution in [0.25, 0.3) is 0 Å². The molecule has 3 heteroatoms. The van der Waals surface area contributed by atoms with Crippen molar-refractivity contribution >= 4 is 5.69 Å². The van der Waals surface area contributed by atoms with E-state index in [1.165, 1.54) is 0 Å². The van der Waals surface area contributed by atoms with Crippen molar-refractivity contribution < 1.29 is 0 Å². The number of nitrogens with zero attached hydrogens (tertiary/aromatic N) is 1. The van der Waals surface area contributed by atoms with Crippen molar-refractivity contribution in [2.75, 3.05) is 18.9 Å².